The third-order valence-corrected chi connectivity index (χ3v) is 4.88. The number of methoxy groups -OCH3 is 1. The molecule has 0 radical (unpaired) electrons. The topological polar surface area (TPSA) is 92.7 Å². The molecule has 118 valence electrons. The van der Waals surface area contributed by atoms with Crippen LogP contribution in [0.5, 0.6) is 5.75 Å². The van der Waals surface area contributed by atoms with Crippen LogP contribution in [0.4, 0.5) is 0 Å². The van der Waals surface area contributed by atoms with Crippen LogP contribution in [0.3, 0.4) is 0 Å². The first-order valence-corrected chi connectivity index (χ1v) is 8.25. The van der Waals surface area contributed by atoms with Gasteiger partial charge in [0.15, 0.2) is 0 Å². The predicted octanol–water partition coefficient (Wildman–Crippen LogP) is 2.11. The number of hydrogen-bond donors (Lipinski definition) is 2. The number of aromatic carboxylic acids is 1. The Balaban J connectivity index is 3.05. The molecule has 0 fully saturated rings. The fraction of sp³-hybridized carbons (Fsp3) is 0.500. The van der Waals surface area contributed by atoms with Crippen molar-refractivity contribution in [1.82, 2.24) is 4.72 Å². The summed E-state index contributed by atoms with van der Waals surface area (Å²) < 4.78 is 32.1. The number of carbonyl (C=O) groups is 1. The molecule has 2 N–H and O–H groups in total. The van der Waals surface area contributed by atoms with Gasteiger partial charge in [-0.2, -0.15) is 0 Å². The second-order valence-electron chi connectivity index (χ2n) is 4.71. The molecule has 1 rings (SSSR count). The van der Waals surface area contributed by atoms with E-state index in [1.807, 2.05) is 13.8 Å². The van der Waals surface area contributed by atoms with E-state index in [1.54, 1.807) is 0 Å². The number of rotatable bonds is 8. The second-order valence-corrected chi connectivity index (χ2v) is 6.44. The predicted molar refractivity (Wildman–Crippen MR) is 79.2 cm³/mol. The Morgan fingerprint density at radius 3 is 2.43 bits per heavy atom. The van der Waals surface area contributed by atoms with Gasteiger partial charge in [0.05, 0.1) is 12.7 Å². The van der Waals surface area contributed by atoms with E-state index in [4.69, 9.17) is 9.84 Å². The molecule has 0 atom stereocenters. The Hall–Kier alpha value is -1.60. The third-order valence-electron chi connectivity index (χ3n) is 3.42. The minimum atomic E-state index is -3.73. The molecular weight excluding hydrogens is 294 g/mol. The van der Waals surface area contributed by atoms with E-state index in [0.29, 0.717) is 6.54 Å². The van der Waals surface area contributed by atoms with E-state index in [2.05, 4.69) is 4.72 Å². The van der Waals surface area contributed by atoms with E-state index in [9.17, 15) is 13.2 Å². The summed E-state index contributed by atoms with van der Waals surface area (Å²) in [6.07, 6.45) is 1.77. The Kier molecular flexibility index (Phi) is 6.17. The highest BCUT2D eigenvalue weighted by Crippen LogP contribution is 2.25. The van der Waals surface area contributed by atoms with Crippen LogP contribution in [-0.4, -0.2) is 33.1 Å². The number of carboxylic acid groups (broad SMARTS) is 1. The van der Waals surface area contributed by atoms with Crippen LogP contribution in [0.15, 0.2) is 23.1 Å². The number of ether oxygens (including phenoxy) is 1. The molecule has 0 amide bonds. The molecule has 6 nitrogen and oxygen atoms in total. The van der Waals surface area contributed by atoms with Crippen LogP contribution in [-0.2, 0) is 10.0 Å². The Labute approximate surface area is 125 Å². The normalized spacial score (nSPS) is 11.6. The van der Waals surface area contributed by atoms with Crippen LogP contribution in [0.2, 0.25) is 0 Å². The molecule has 0 heterocycles. The Bertz CT molecular complexity index is 593. The van der Waals surface area contributed by atoms with E-state index in [0.717, 1.165) is 12.8 Å². The average molecular weight is 315 g/mol. The number of hydrogen-bond acceptors (Lipinski definition) is 4. The van der Waals surface area contributed by atoms with Gasteiger partial charge < -0.3 is 9.84 Å². The van der Waals surface area contributed by atoms with Gasteiger partial charge in [-0.25, -0.2) is 17.9 Å². The first-order chi connectivity index (χ1) is 9.85. The molecule has 0 unspecified atom stereocenters. The van der Waals surface area contributed by atoms with Crippen LogP contribution in [0.1, 0.15) is 37.0 Å². The number of benzene rings is 1. The summed E-state index contributed by atoms with van der Waals surface area (Å²) >= 11 is 0. The van der Waals surface area contributed by atoms with Crippen molar-refractivity contribution in [3.63, 3.8) is 0 Å². The first-order valence-electron chi connectivity index (χ1n) is 6.76. The molecule has 0 aliphatic rings. The highest BCUT2D eigenvalue weighted by Gasteiger charge is 2.21. The molecule has 0 spiro atoms. The fourth-order valence-electron chi connectivity index (χ4n) is 1.91. The van der Waals surface area contributed by atoms with Crippen LogP contribution < -0.4 is 9.46 Å². The molecule has 0 bridgehead atoms. The van der Waals surface area contributed by atoms with Gasteiger partial charge in [0.25, 0.3) is 0 Å². The van der Waals surface area contributed by atoms with E-state index < -0.39 is 16.0 Å². The molecule has 7 heteroatoms. The van der Waals surface area contributed by atoms with Crippen molar-refractivity contribution in [2.24, 2.45) is 5.92 Å². The molecule has 0 saturated heterocycles. The van der Waals surface area contributed by atoms with Gasteiger partial charge in [-0.15, -0.1) is 0 Å². The number of sulfonamides is 1. The SMILES string of the molecule is CCC(CC)CNS(=O)(=O)c1ccc(C(=O)O)cc1OC. The largest absolute Gasteiger partial charge is 0.495 e. The maximum atomic E-state index is 12.3. The van der Waals surface area contributed by atoms with Crippen molar-refractivity contribution in [2.75, 3.05) is 13.7 Å². The van der Waals surface area contributed by atoms with Crippen LogP contribution in [0.25, 0.3) is 0 Å². The van der Waals surface area contributed by atoms with Crippen molar-refractivity contribution in [1.29, 1.82) is 0 Å². The molecular formula is C14H21NO5S. The fourth-order valence-corrected chi connectivity index (χ4v) is 3.17. The standard InChI is InChI=1S/C14H21NO5S/c1-4-10(5-2)9-15-21(18,19)13-7-6-11(14(16)17)8-12(13)20-3/h6-8,10,15H,4-5,9H2,1-3H3,(H,16,17). The maximum Gasteiger partial charge on any atom is 0.335 e. The Morgan fingerprint density at radius 2 is 1.95 bits per heavy atom. The van der Waals surface area contributed by atoms with Gasteiger partial charge in [0, 0.05) is 6.54 Å². The zero-order valence-corrected chi connectivity index (χ0v) is 13.2. The van der Waals surface area contributed by atoms with Crippen molar-refractivity contribution in [2.45, 2.75) is 31.6 Å². The van der Waals surface area contributed by atoms with Gasteiger partial charge >= 0.3 is 5.97 Å². The summed E-state index contributed by atoms with van der Waals surface area (Å²) in [5.41, 5.74) is -0.0224. The van der Waals surface area contributed by atoms with Gasteiger partial charge in [0.2, 0.25) is 10.0 Å². The van der Waals surface area contributed by atoms with E-state index in [1.165, 1.54) is 25.3 Å². The van der Waals surface area contributed by atoms with Crippen molar-refractivity contribution in [3.8, 4) is 5.75 Å². The van der Waals surface area contributed by atoms with E-state index in [-0.39, 0.29) is 22.1 Å². The number of nitrogens with one attached hydrogen (secondary N) is 1. The lowest BCUT2D eigenvalue weighted by Crippen LogP contribution is -2.29. The molecule has 1 aromatic rings. The summed E-state index contributed by atoms with van der Waals surface area (Å²) in [4.78, 5) is 10.8. The third kappa shape index (κ3) is 4.44. The molecule has 0 aliphatic heterocycles. The lowest BCUT2D eigenvalue weighted by Gasteiger charge is -2.15. The zero-order chi connectivity index (χ0) is 16.0. The lowest BCUT2D eigenvalue weighted by atomic mass is 10.0. The summed E-state index contributed by atoms with van der Waals surface area (Å²) in [6, 6.07) is 3.70. The quantitative estimate of drug-likeness (QED) is 0.766. The minimum absolute atomic E-state index is 0.0203. The summed E-state index contributed by atoms with van der Waals surface area (Å²) in [7, 11) is -2.42. The van der Waals surface area contributed by atoms with Crippen molar-refractivity contribution < 1.29 is 23.1 Å². The van der Waals surface area contributed by atoms with Gasteiger partial charge in [-0.3, -0.25) is 0 Å². The molecule has 0 aliphatic carbocycles. The molecule has 0 aromatic heterocycles. The second kappa shape index (κ2) is 7.42. The molecule has 0 saturated carbocycles. The minimum Gasteiger partial charge on any atom is -0.495 e. The smallest absolute Gasteiger partial charge is 0.335 e. The van der Waals surface area contributed by atoms with E-state index >= 15 is 0 Å². The Morgan fingerprint density at radius 1 is 1.33 bits per heavy atom. The van der Waals surface area contributed by atoms with Gasteiger partial charge in [-0.1, -0.05) is 26.7 Å². The summed E-state index contributed by atoms with van der Waals surface area (Å²) in [5, 5.41) is 8.92. The highest BCUT2D eigenvalue weighted by atomic mass is 32.2. The number of carboxylic acids is 1. The first kappa shape index (κ1) is 17.5. The molecule has 21 heavy (non-hydrogen) atoms. The summed E-state index contributed by atoms with van der Waals surface area (Å²) in [6.45, 7) is 4.36. The molecule has 1 aromatic carbocycles. The summed E-state index contributed by atoms with van der Waals surface area (Å²) in [5.74, 6) is -0.849. The van der Waals surface area contributed by atoms with Crippen molar-refractivity contribution >= 4 is 16.0 Å². The van der Waals surface area contributed by atoms with Gasteiger partial charge in [-0.05, 0) is 24.1 Å². The zero-order valence-electron chi connectivity index (χ0n) is 12.4. The van der Waals surface area contributed by atoms with Crippen LogP contribution in [0, 0.1) is 5.92 Å². The average Bonchev–Trinajstić information content (AvgIpc) is 2.47. The van der Waals surface area contributed by atoms with Crippen molar-refractivity contribution in [3.05, 3.63) is 23.8 Å². The van der Waals surface area contributed by atoms with Crippen LogP contribution >= 0.6 is 0 Å². The maximum absolute atomic E-state index is 12.3. The highest BCUT2D eigenvalue weighted by molar-refractivity contribution is 7.89. The van der Waals surface area contributed by atoms with Gasteiger partial charge in [0.1, 0.15) is 10.6 Å². The lowest BCUT2D eigenvalue weighted by molar-refractivity contribution is 0.0696. The monoisotopic (exact) mass is 315 g/mol.